The first-order valence-electron chi connectivity index (χ1n) is 9.74. The Morgan fingerprint density at radius 1 is 0.821 bits per heavy atom. The molecule has 0 saturated carbocycles. The summed E-state index contributed by atoms with van der Waals surface area (Å²) in [6.07, 6.45) is 0.865. The number of nitrogens with one attached hydrogen (secondary N) is 1. The molecule has 0 saturated heterocycles. The van der Waals surface area contributed by atoms with E-state index in [1.807, 2.05) is 19.2 Å². The fraction of sp³-hybridized carbons (Fsp3) is 0.280. The number of hydrogen-bond donors (Lipinski definition) is 1. The molecule has 0 aliphatic carbocycles. The van der Waals surface area contributed by atoms with Crippen molar-refractivity contribution in [1.82, 2.24) is 5.32 Å². The molecule has 3 aromatic rings. The number of benzene rings is 3. The summed E-state index contributed by atoms with van der Waals surface area (Å²) in [6.45, 7) is 5.08. The fourth-order valence-electron chi connectivity index (χ4n) is 3.38. The van der Waals surface area contributed by atoms with Crippen LogP contribution < -0.4 is 14.8 Å². The van der Waals surface area contributed by atoms with E-state index in [1.165, 1.54) is 16.7 Å². The van der Waals surface area contributed by atoms with Crippen LogP contribution >= 0.6 is 0 Å². The van der Waals surface area contributed by atoms with Crippen LogP contribution in [0.25, 0.3) is 11.1 Å². The van der Waals surface area contributed by atoms with Crippen LogP contribution in [0.3, 0.4) is 0 Å². The number of methoxy groups -OCH3 is 1. The second kappa shape index (κ2) is 9.43. The molecule has 3 heteroatoms. The average Bonchev–Trinajstić information content (AvgIpc) is 2.72. The quantitative estimate of drug-likeness (QED) is 0.547. The molecule has 0 fully saturated rings. The summed E-state index contributed by atoms with van der Waals surface area (Å²) in [4.78, 5) is 0. The zero-order valence-corrected chi connectivity index (χ0v) is 17.2. The topological polar surface area (TPSA) is 30.5 Å². The van der Waals surface area contributed by atoms with Gasteiger partial charge in [0.2, 0.25) is 0 Å². The van der Waals surface area contributed by atoms with E-state index >= 15 is 0 Å². The summed E-state index contributed by atoms with van der Waals surface area (Å²) < 4.78 is 12.2. The summed E-state index contributed by atoms with van der Waals surface area (Å²) in [7, 11) is 3.68. The molecule has 0 radical (unpaired) electrons. The molecule has 0 aliphatic heterocycles. The second-order valence-electron chi connectivity index (χ2n) is 7.11. The molecule has 3 aromatic carbocycles. The van der Waals surface area contributed by atoms with Crippen LogP contribution in [0.15, 0.2) is 66.7 Å². The SMILES string of the molecule is CNCCC(Oc1ccc(C)cc1-c1cc(C)ccc1OC)c1ccccc1. The molecule has 0 heterocycles. The van der Waals surface area contributed by atoms with Gasteiger partial charge in [0, 0.05) is 17.5 Å². The zero-order valence-electron chi connectivity index (χ0n) is 17.2. The molecule has 1 atom stereocenters. The van der Waals surface area contributed by atoms with Crippen molar-refractivity contribution in [3.05, 3.63) is 83.4 Å². The number of hydrogen-bond acceptors (Lipinski definition) is 3. The predicted molar refractivity (Wildman–Crippen MR) is 116 cm³/mol. The van der Waals surface area contributed by atoms with Crippen LogP contribution in [-0.4, -0.2) is 20.7 Å². The average molecular weight is 376 g/mol. The second-order valence-corrected chi connectivity index (χ2v) is 7.11. The molecule has 0 aliphatic rings. The number of rotatable bonds is 8. The Balaban J connectivity index is 2.03. The number of ether oxygens (including phenoxy) is 2. The molecule has 3 rings (SSSR count). The van der Waals surface area contributed by atoms with Gasteiger partial charge < -0.3 is 14.8 Å². The molecular weight excluding hydrogens is 346 g/mol. The van der Waals surface area contributed by atoms with Crippen LogP contribution in [0.5, 0.6) is 11.5 Å². The highest BCUT2D eigenvalue weighted by Gasteiger charge is 2.18. The molecule has 146 valence electrons. The van der Waals surface area contributed by atoms with Gasteiger partial charge in [0.05, 0.1) is 7.11 Å². The summed E-state index contributed by atoms with van der Waals surface area (Å²) in [6, 6.07) is 23.0. The van der Waals surface area contributed by atoms with Gasteiger partial charge in [0.15, 0.2) is 0 Å². The van der Waals surface area contributed by atoms with Gasteiger partial charge in [-0.3, -0.25) is 0 Å². The summed E-state index contributed by atoms with van der Waals surface area (Å²) in [5.41, 5.74) is 5.68. The van der Waals surface area contributed by atoms with E-state index in [9.17, 15) is 0 Å². The minimum atomic E-state index is -0.0223. The van der Waals surface area contributed by atoms with Crippen molar-refractivity contribution in [2.75, 3.05) is 20.7 Å². The summed E-state index contributed by atoms with van der Waals surface area (Å²) in [5.74, 6) is 1.73. The molecule has 0 aromatic heterocycles. The van der Waals surface area contributed by atoms with Crippen LogP contribution in [-0.2, 0) is 0 Å². The minimum absolute atomic E-state index is 0.0223. The molecule has 1 N–H and O–H groups in total. The lowest BCUT2D eigenvalue weighted by atomic mass is 9.99. The van der Waals surface area contributed by atoms with E-state index in [0.29, 0.717) is 0 Å². The predicted octanol–water partition coefficient (Wildman–Crippen LogP) is 5.71. The Bertz CT molecular complexity index is 906. The van der Waals surface area contributed by atoms with E-state index in [4.69, 9.17) is 9.47 Å². The van der Waals surface area contributed by atoms with Gasteiger partial charge in [-0.1, -0.05) is 53.6 Å². The highest BCUT2D eigenvalue weighted by molar-refractivity contribution is 5.77. The van der Waals surface area contributed by atoms with Gasteiger partial charge in [-0.05, 0) is 57.3 Å². The Morgan fingerprint density at radius 3 is 2.04 bits per heavy atom. The highest BCUT2D eigenvalue weighted by atomic mass is 16.5. The minimum Gasteiger partial charge on any atom is -0.496 e. The molecule has 3 nitrogen and oxygen atoms in total. The lowest BCUT2D eigenvalue weighted by molar-refractivity contribution is 0.196. The molecule has 0 amide bonds. The van der Waals surface area contributed by atoms with Crippen molar-refractivity contribution in [2.45, 2.75) is 26.4 Å². The van der Waals surface area contributed by atoms with Gasteiger partial charge in [-0.25, -0.2) is 0 Å². The van der Waals surface area contributed by atoms with Crippen molar-refractivity contribution >= 4 is 0 Å². The van der Waals surface area contributed by atoms with Crippen molar-refractivity contribution < 1.29 is 9.47 Å². The Labute approximate surface area is 168 Å². The monoisotopic (exact) mass is 375 g/mol. The van der Waals surface area contributed by atoms with Gasteiger partial charge in [0.25, 0.3) is 0 Å². The standard InChI is InChI=1S/C25H29NO2/c1-18-10-12-24(27-4)21(16-18)22-17-19(2)11-13-25(22)28-23(14-15-26-3)20-8-6-5-7-9-20/h5-13,16-17,23,26H,14-15H2,1-4H3. The molecule has 0 spiro atoms. The van der Waals surface area contributed by atoms with Crippen LogP contribution in [0.2, 0.25) is 0 Å². The first-order valence-corrected chi connectivity index (χ1v) is 9.74. The first kappa shape index (κ1) is 20.0. The molecule has 28 heavy (non-hydrogen) atoms. The molecule has 0 bridgehead atoms. The van der Waals surface area contributed by atoms with Gasteiger partial charge in [-0.15, -0.1) is 0 Å². The molecule has 1 unspecified atom stereocenters. The first-order chi connectivity index (χ1) is 13.6. The normalized spacial score (nSPS) is 11.9. The number of aryl methyl sites for hydroxylation is 2. The molecular formula is C25H29NO2. The summed E-state index contributed by atoms with van der Waals surface area (Å²) >= 11 is 0. The Morgan fingerprint density at radius 2 is 1.43 bits per heavy atom. The van der Waals surface area contributed by atoms with E-state index in [0.717, 1.165) is 35.6 Å². The Hall–Kier alpha value is -2.78. The van der Waals surface area contributed by atoms with E-state index in [1.54, 1.807) is 7.11 Å². The van der Waals surface area contributed by atoms with Crippen molar-refractivity contribution in [1.29, 1.82) is 0 Å². The Kier molecular flexibility index (Phi) is 6.72. The van der Waals surface area contributed by atoms with Gasteiger partial charge in [0.1, 0.15) is 17.6 Å². The lowest BCUT2D eigenvalue weighted by Crippen LogP contribution is -2.16. The highest BCUT2D eigenvalue weighted by Crippen LogP contribution is 2.39. The van der Waals surface area contributed by atoms with Crippen molar-refractivity contribution in [2.24, 2.45) is 0 Å². The fourth-order valence-corrected chi connectivity index (χ4v) is 3.38. The lowest BCUT2D eigenvalue weighted by Gasteiger charge is -2.22. The maximum absolute atomic E-state index is 6.59. The third kappa shape index (κ3) is 4.73. The zero-order chi connectivity index (χ0) is 19.9. The smallest absolute Gasteiger partial charge is 0.128 e. The van der Waals surface area contributed by atoms with Crippen molar-refractivity contribution in [3.63, 3.8) is 0 Å². The maximum Gasteiger partial charge on any atom is 0.128 e. The van der Waals surface area contributed by atoms with E-state index in [2.05, 4.69) is 73.8 Å². The summed E-state index contributed by atoms with van der Waals surface area (Å²) in [5, 5.41) is 3.23. The van der Waals surface area contributed by atoms with Crippen LogP contribution in [0.1, 0.15) is 29.2 Å². The third-order valence-electron chi connectivity index (χ3n) is 4.88. The van der Waals surface area contributed by atoms with Crippen LogP contribution in [0, 0.1) is 13.8 Å². The van der Waals surface area contributed by atoms with Gasteiger partial charge in [-0.2, -0.15) is 0 Å². The largest absolute Gasteiger partial charge is 0.496 e. The third-order valence-corrected chi connectivity index (χ3v) is 4.88. The van der Waals surface area contributed by atoms with E-state index in [-0.39, 0.29) is 6.10 Å². The van der Waals surface area contributed by atoms with Crippen LogP contribution in [0.4, 0.5) is 0 Å². The maximum atomic E-state index is 6.59. The van der Waals surface area contributed by atoms with Crippen molar-refractivity contribution in [3.8, 4) is 22.6 Å². The van der Waals surface area contributed by atoms with E-state index < -0.39 is 0 Å². The van der Waals surface area contributed by atoms with Gasteiger partial charge >= 0.3 is 0 Å².